The number of nitrogens with zero attached hydrogens (tertiary/aromatic N) is 1. The zero-order valence-electron chi connectivity index (χ0n) is 13.2. The van der Waals surface area contributed by atoms with Crippen molar-refractivity contribution < 1.29 is 0 Å². The van der Waals surface area contributed by atoms with Crippen molar-refractivity contribution in [3.8, 4) is 0 Å². The van der Waals surface area contributed by atoms with Crippen molar-refractivity contribution in [2.75, 3.05) is 7.05 Å². The van der Waals surface area contributed by atoms with Crippen LogP contribution in [0.5, 0.6) is 0 Å². The maximum atomic E-state index is 7.64. The number of fused-ring (bicyclic) bond motifs is 3. The van der Waals surface area contributed by atoms with Gasteiger partial charge in [0, 0.05) is 48.2 Å². The molecule has 0 spiro atoms. The van der Waals surface area contributed by atoms with Crippen molar-refractivity contribution >= 4 is 33.6 Å². The van der Waals surface area contributed by atoms with E-state index in [2.05, 4.69) is 39.7 Å². The minimum Gasteiger partial charge on any atom is -0.393 e. The molecule has 0 saturated heterocycles. The number of hydrogen-bond donors (Lipinski definition) is 3. The van der Waals surface area contributed by atoms with Gasteiger partial charge in [0.05, 0.1) is 0 Å². The van der Waals surface area contributed by atoms with Crippen LogP contribution < -0.4 is 5.32 Å². The summed E-state index contributed by atoms with van der Waals surface area (Å²) in [4.78, 5) is 7.91. The Balaban J connectivity index is 1.97. The van der Waals surface area contributed by atoms with Crippen molar-refractivity contribution in [2.24, 2.45) is 0 Å². The smallest absolute Gasteiger partial charge is 0.138 e. The number of benzene rings is 1. The van der Waals surface area contributed by atoms with Gasteiger partial charge in [-0.1, -0.05) is 18.6 Å². The Morgan fingerprint density at radius 3 is 2.96 bits per heavy atom. The van der Waals surface area contributed by atoms with Crippen LogP contribution >= 0.6 is 0 Å². The molecule has 1 fully saturated rings. The van der Waals surface area contributed by atoms with Crippen LogP contribution in [0.2, 0.25) is 0 Å². The summed E-state index contributed by atoms with van der Waals surface area (Å²) in [5.74, 6) is 0.662. The van der Waals surface area contributed by atoms with E-state index in [9.17, 15) is 0 Å². The number of pyridine rings is 1. The average Bonchev–Trinajstić information content (AvgIpc) is 2.95. The molecule has 1 saturated carbocycles. The minimum absolute atomic E-state index is 0.662. The van der Waals surface area contributed by atoms with Gasteiger partial charge in [0.1, 0.15) is 5.65 Å². The van der Waals surface area contributed by atoms with Gasteiger partial charge in [0.15, 0.2) is 0 Å². The molecule has 2 heterocycles. The lowest BCUT2D eigenvalue weighted by Gasteiger charge is -2.25. The predicted octanol–water partition coefficient (Wildman–Crippen LogP) is 4.19. The number of nitrogens with one attached hydrogen (secondary N) is 3. The molecule has 0 aliphatic heterocycles. The van der Waals surface area contributed by atoms with Gasteiger partial charge in [-0.05, 0) is 41.3 Å². The third kappa shape index (κ3) is 2.22. The molecular formula is C19H20N4. The van der Waals surface area contributed by atoms with E-state index in [-0.39, 0.29) is 0 Å². The summed E-state index contributed by atoms with van der Waals surface area (Å²) in [7, 11) is 1.85. The molecule has 23 heavy (non-hydrogen) atoms. The van der Waals surface area contributed by atoms with Gasteiger partial charge in [0.2, 0.25) is 0 Å². The fourth-order valence-electron chi connectivity index (χ4n) is 3.42. The lowest BCUT2D eigenvalue weighted by Crippen LogP contribution is -2.08. The van der Waals surface area contributed by atoms with Crippen molar-refractivity contribution in [2.45, 2.75) is 25.2 Å². The van der Waals surface area contributed by atoms with Crippen LogP contribution in [0.1, 0.15) is 36.3 Å². The first-order valence-electron chi connectivity index (χ1n) is 8.10. The predicted molar refractivity (Wildman–Crippen MR) is 96.0 cm³/mol. The number of aromatic amines is 1. The van der Waals surface area contributed by atoms with Crippen molar-refractivity contribution in [1.82, 2.24) is 15.3 Å². The monoisotopic (exact) mass is 304 g/mol. The Bertz CT molecular complexity index is 916. The zero-order chi connectivity index (χ0) is 15.8. The Hall–Kier alpha value is -2.62. The van der Waals surface area contributed by atoms with E-state index in [0.29, 0.717) is 5.92 Å². The summed E-state index contributed by atoms with van der Waals surface area (Å²) in [6.45, 7) is 0. The zero-order valence-corrected chi connectivity index (χ0v) is 13.2. The summed E-state index contributed by atoms with van der Waals surface area (Å²) in [5.41, 5.74) is 4.29. The number of allylic oxidation sites excluding steroid dienone is 1. The van der Waals surface area contributed by atoms with Crippen molar-refractivity contribution in [1.29, 1.82) is 5.41 Å². The van der Waals surface area contributed by atoms with Gasteiger partial charge in [-0.25, -0.2) is 4.98 Å². The molecule has 3 aromatic rings. The molecule has 4 heteroatoms. The molecule has 116 valence electrons. The number of aromatic nitrogens is 2. The largest absolute Gasteiger partial charge is 0.393 e. The van der Waals surface area contributed by atoms with E-state index >= 15 is 0 Å². The Labute approximate surface area is 135 Å². The molecule has 1 aliphatic carbocycles. The van der Waals surface area contributed by atoms with Gasteiger partial charge in [-0.2, -0.15) is 0 Å². The third-order valence-electron chi connectivity index (χ3n) is 4.88. The highest BCUT2D eigenvalue weighted by atomic mass is 14.8. The second kappa shape index (κ2) is 5.54. The summed E-state index contributed by atoms with van der Waals surface area (Å²) < 4.78 is 0. The first kappa shape index (κ1) is 14.0. The highest BCUT2D eigenvalue weighted by molar-refractivity contribution is 6.12. The maximum Gasteiger partial charge on any atom is 0.138 e. The molecule has 0 radical (unpaired) electrons. The van der Waals surface area contributed by atoms with E-state index in [1.807, 2.05) is 19.4 Å². The molecule has 0 amide bonds. The first-order valence-corrected chi connectivity index (χ1v) is 8.10. The van der Waals surface area contributed by atoms with Crippen molar-refractivity contribution in [3.63, 3.8) is 0 Å². The topological polar surface area (TPSA) is 64.6 Å². The fourth-order valence-corrected chi connectivity index (χ4v) is 3.42. The molecular weight excluding hydrogens is 284 g/mol. The molecule has 2 aromatic heterocycles. The standard InChI is InChI=1S/C19H20N4/c1-21-9-15(8-20)13-5-6-14-10-22-19-18(16(14)7-13)17(11-23-19)12-3-2-4-12/h5-12,20-21H,2-4H2,1H3,(H,22,23)/b15-9+,20-8?. The second-order valence-electron chi connectivity index (χ2n) is 6.19. The number of hydrogen-bond acceptors (Lipinski definition) is 3. The molecule has 1 aromatic carbocycles. The molecule has 0 atom stereocenters. The molecule has 4 rings (SSSR count). The highest BCUT2D eigenvalue weighted by Crippen LogP contribution is 2.41. The van der Waals surface area contributed by atoms with Crippen LogP contribution in [-0.4, -0.2) is 23.2 Å². The maximum absolute atomic E-state index is 7.64. The van der Waals surface area contributed by atoms with Gasteiger partial charge in [-0.3, -0.25) is 0 Å². The molecule has 3 N–H and O–H groups in total. The first-order chi connectivity index (χ1) is 11.3. The lowest BCUT2D eigenvalue weighted by molar-refractivity contribution is 0.422. The van der Waals surface area contributed by atoms with E-state index in [1.165, 1.54) is 41.8 Å². The van der Waals surface area contributed by atoms with Crippen LogP contribution in [0.15, 0.2) is 36.8 Å². The van der Waals surface area contributed by atoms with Gasteiger partial charge < -0.3 is 15.7 Å². The highest BCUT2D eigenvalue weighted by Gasteiger charge is 2.23. The van der Waals surface area contributed by atoms with Crippen molar-refractivity contribution in [3.05, 3.63) is 47.9 Å². The molecule has 0 bridgehead atoms. The SMILES string of the molecule is CN/C=C(\C=N)c1ccc2cnc3[nH]cc(C4CCC4)c3c2c1. The molecule has 1 aliphatic rings. The quantitative estimate of drug-likeness (QED) is 0.633. The Morgan fingerprint density at radius 1 is 1.39 bits per heavy atom. The molecule has 0 unspecified atom stereocenters. The van der Waals surface area contributed by atoms with E-state index < -0.39 is 0 Å². The third-order valence-corrected chi connectivity index (χ3v) is 4.88. The van der Waals surface area contributed by atoms with E-state index in [0.717, 1.165) is 22.2 Å². The van der Waals surface area contributed by atoms with Crippen LogP contribution in [0.3, 0.4) is 0 Å². The summed E-state index contributed by atoms with van der Waals surface area (Å²) in [6, 6.07) is 6.34. The Morgan fingerprint density at radius 2 is 2.26 bits per heavy atom. The second-order valence-corrected chi connectivity index (χ2v) is 6.19. The lowest BCUT2D eigenvalue weighted by atomic mass is 9.79. The fraction of sp³-hybridized carbons (Fsp3) is 0.263. The van der Waals surface area contributed by atoms with Gasteiger partial charge in [0.25, 0.3) is 0 Å². The molecule has 4 nitrogen and oxygen atoms in total. The van der Waals surface area contributed by atoms with Crippen LogP contribution in [0.4, 0.5) is 0 Å². The van der Waals surface area contributed by atoms with E-state index in [1.54, 1.807) is 0 Å². The van der Waals surface area contributed by atoms with Crippen LogP contribution in [-0.2, 0) is 0 Å². The number of H-pyrrole nitrogens is 1. The summed E-state index contributed by atoms with van der Waals surface area (Å²) >= 11 is 0. The number of rotatable bonds is 4. The minimum atomic E-state index is 0.662. The van der Waals surface area contributed by atoms with Gasteiger partial charge in [-0.15, -0.1) is 0 Å². The normalized spacial score (nSPS) is 15.8. The van der Waals surface area contributed by atoms with Crippen LogP contribution in [0, 0.1) is 5.41 Å². The Kier molecular flexibility index (Phi) is 3.37. The van der Waals surface area contributed by atoms with Crippen LogP contribution in [0.25, 0.3) is 27.4 Å². The summed E-state index contributed by atoms with van der Waals surface area (Å²) in [5, 5.41) is 14.3. The van der Waals surface area contributed by atoms with E-state index in [4.69, 9.17) is 5.41 Å². The van der Waals surface area contributed by atoms with Gasteiger partial charge >= 0.3 is 0 Å². The average molecular weight is 304 g/mol. The summed E-state index contributed by atoms with van der Waals surface area (Å²) in [6.07, 6.45) is 11.2.